The van der Waals surface area contributed by atoms with Crippen molar-refractivity contribution in [2.75, 3.05) is 33.9 Å². The normalized spacial score (nSPS) is 10.1. The van der Waals surface area contributed by atoms with Crippen LogP contribution in [0.2, 0.25) is 0 Å². The molecule has 3 heteroatoms. The van der Waals surface area contributed by atoms with Crippen molar-refractivity contribution < 1.29 is 9.53 Å². The fourth-order valence-corrected chi connectivity index (χ4v) is 0.479. The SMILES string of the molecule is C=CC(=O)COCCN(C)C. The van der Waals surface area contributed by atoms with Crippen LogP contribution in [-0.2, 0) is 9.53 Å². The molecule has 3 nitrogen and oxygen atoms in total. The van der Waals surface area contributed by atoms with Crippen molar-refractivity contribution >= 4 is 5.78 Å². The lowest BCUT2D eigenvalue weighted by atomic mass is 10.4. The van der Waals surface area contributed by atoms with Crippen LogP contribution in [0.25, 0.3) is 0 Å². The summed E-state index contributed by atoms with van der Waals surface area (Å²) in [5.74, 6) is -0.0660. The molecule has 0 aliphatic carbocycles. The third-order valence-corrected chi connectivity index (χ3v) is 1.15. The Morgan fingerprint density at radius 3 is 2.73 bits per heavy atom. The molecule has 0 aliphatic heterocycles. The molecule has 0 bridgehead atoms. The molecule has 0 aromatic heterocycles. The summed E-state index contributed by atoms with van der Waals surface area (Å²) in [6.07, 6.45) is 1.27. The van der Waals surface area contributed by atoms with Gasteiger partial charge in [-0.3, -0.25) is 4.79 Å². The molecular weight excluding hydrogens is 142 g/mol. The first-order chi connectivity index (χ1) is 5.16. The number of ether oxygens (including phenoxy) is 1. The van der Waals surface area contributed by atoms with Crippen molar-refractivity contribution in [2.45, 2.75) is 0 Å². The molecule has 0 aromatic rings. The van der Waals surface area contributed by atoms with Crippen molar-refractivity contribution in [1.82, 2.24) is 4.90 Å². The first-order valence-corrected chi connectivity index (χ1v) is 3.54. The van der Waals surface area contributed by atoms with Gasteiger partial charge in [-0.15, -0.1) is 0 Å². The maximum atomic E-state index is 10.6. The van der Waals surface area contributed by atoms with Crippen molar-refractivity contribution in [3.05, 3.63) is 12.7 Å². The molecule has 0 aliphatic rings. The minimum atomic E-state index is -0.0660. The number of likely N-dealkylation sites (N-methyl/N-ethyl adjacent to an activating group) is 1. The average molecular weight is 157 g/mol. The zero-order valence-electron chi connectivity index (χ0n) is 7.17. The summed E-state index contributed by atoms with van der Waals surface area (Å²) in [6.45, 7) is 4.91. The van der Waals surface area contributed by atoms with Crippen LogP contribution < -0.4 is 0 Å². The van der Waals surface area contributed by atoms with Crippen LogP contribution in [0.5, 0.6) is 0 Å². The molecule has 0 saturated carbocycles. The highest BCUT2D eigenvalue weighted by Gasteiger charge is 1.95. The highest BCUT2D eigenvalue weighted by molar-refractivity contribution is 5.90. The van der Waals surface area contributed by atoms with Crippen molar-refractivity contribution in [2.24, 2.45) is 0 Å². The fourth-order valence-electron chi connectivity index (χ4n) is 0.479. The summed E-state index contributed by atoms with van der Waals surface area (Å²) in [5, 5.41) is 0. The zero-order valence-corrected chi connectivity index (χ0v) is 7.17. The second-order valence-corrected chi connectivity index (χ2v) is 2.53. The van der Waals surface area contributed by atoms with E-state index in [1.807, 2.05) is 19.0 Å². The van der Waals surface area contributed by atoms with Gasteiger partial charge >= 0.3 is 0 Å². The number of carbonyl (C=O) groups excluding carboxylic acids is 1. The number of nitrogens with zero attached hydrogens (tertiary/aromatic N) is 1. The third-order valence-electron chi connectivity index (χ3n) is 1.15. The summed E-state index contributed by atoms with van der Waals surface area (Å²) in [6, 6.07) is 0. The van der Waals surface area contributed by atoms with Gasteiger partial charge in [-0.1, -0.05) is 6.58 Å². The van der Waals surface area contributed by atoms with Gasteiger partial charge in [0, 0.05) is 6.54 Å². The second-order valence-electron chi connectivity index (χ2n) is 2.53. The maximum Gasteiger partial charge on any atom is 0.180 e. The van der Waals surface area contributed by atoms with Gasteiger partial charge in [0.15, 0.2) is 5.78 Å². The molecule has 0 heterocycles. The Balaban J connectivity index is 3.14. The molecule has 0 aromatic carbocycles. The van der Waals surface area contributed by atoms with Gasteiger partial charge in [-0.2, -0.15) is 0 Å². The third kappa shape index (κ3) is 7.22. The van der Waals surface area contributed by atoms with Crippen LogP contribution in [-0.4, -0.2) is 44.5 Å². The van der Waals surface area contributed by atoms with E-state index in [-0.39, 0.29) is 12.4 Å². The van der Waals surface area contributed by atoms with Gasteiger partial charge < -0.3 is 9.64 Å². The van der Waals surface area contributed by atoms with E-state index in [9.17, 15) is 4.79 Å². The topological polar surface area (TPSA) is 29.5 Å². The summed E-state index contributed by atoms with van der Waals surface area (Å²) in [7, 11) is 3.91. The molecule has 0 saturated heterocycles. The smallest absolute Gasteiger partial charge is 0.180 e. The average Bonchev–Trinajstić information content (AvgIpc) is 1.97. The van der Waals surface area contributed by atoms with Crippen molar-refractivity contribution in [3.8, 4) is 0 Å². The number of rotatable bonds is 6. The summed E-state index contributed by atoms with van der Waals surface area (Å²) in [5.41, 5.74) is 0. The van der Waals surface area contributed by atoms with Gasteiger partial charge in [0.1, 0.15) is 6.61 Å². The van der Waals surface area contributed by atoms with Crippen LogP contribution >= 0.6 is 0 Å². The Labute approximate surface area is 67.6 Å². The second kappa shape index (κ2) is 6.07. The quantitative estimate of drug-likeness (QED) is 0.411. The Morgan fingerprint density at radius 2 is 2.27 bits per heavy atom. The standard InChI is InChI=1S/C8H15NO2/c1-4-8(10)7-11-6-5-9(2)3/h4H,1,5-7H2,2-3H3. The van der Waals surface area contributed by atoms with Crippen molar-refractivity contribution in [3.63, 3.8) is 0 Å². The van der Waals surface area contributed by atoms with Crippen LogP contribution in [0.15, 0.2) is 12.7 Å². The Hall–Kier alpha value is -0.670. The Bertz CT molecular complexity index is 132. The van der Waals surface area contributed by atoms with E-state index in [0.29, 0.717) is 6.61 Å². The molecule has 0 amide bonds. The number of hydrogen-bond acceptors (Lipinski definition) is 3. The van der Waals surface area contributed by atoms with Crippen LogP contribution in [0.3, 0.4) is 0 Å². The Kier molecular flexibility index (Phi) is 5.70. The molecular formula is C8H15NO2. The fraction of sp³-hybridized carbons (Fsp3) is 0.625. The number of carbonyl (C=O) groups is 1. The molecule has 0 rings (SSSR count). The predicted molar refractivity (Wildman–Crippen MR) is 44.6 cm³/mol. The van der Waals surface area contributed by atoms with Crippen LogP contribution in [0.1, 0.15) is 0 Å². The first-order valence-electron chi connectivity index (χ1n) is 3.54. The van der Waals surface area contributed by atoms with E-state index in [1.54, 1.807) is 0 Å². The van der Waals surface area contributed by atoms with Gasteiger partial charge in [-0.25, -0.2) is 0 Å². The molecule has 64 valence electrons. The first kappa shape index (κ1) is 10.3. The van der Waals surface area contributed by atoms with Gasteiger partial charge in [-0.05, 0) is 20.2 Å². The highest BCUT2D eigenvalue weighted by Crippen LogP contribution is 1.80. The lowest BCUT2D eigenvalue weighted by molar-refractivity contribution is -0.119. The molecule has 0 unspecified atom stereocenters. The van der Waals surface area contributed by atoms with Gasteiger partial charge in [0.2, 0.25) is 0 Å². The summed E-state index contributed by atoms with van der Waals surface area (Å²) < 4.78 is 5.03. The number of ketones is 1. The molecule has 0 radical (unpaired) electrons. The van der Waals surface area contributed by atoms with E-state index >= 15 is 0 Å². The monoisotopic (exact) mass is 157 g/mol. The van der Waals surface area contributed by atoms with Crippen LogP contribution in [0, 0.1) is 0 Å². The van der Waals surface area contributed by atoms with Gasteiger partial charge in [0.25, 0.3) is 0 Å². The summed E-state index contributed by atoms with van der Waals surface area (Å²) in [4.78, 5) is 12.6. The zero-order chi connectivity index (χ0) is 8.69. The molecule has 0 fully saturated rings. The van der Waals surface area contributed by atoms with E-state index < -0.39 is 0 Å². The predicted octanol–water partition coefficient (Wildman–Crippen LogP) is 0.320. The van der Waals surface area contributed by atoms with E-state index in [4.69, 9.17) is 4.74 Å². The number of hydrogen-bond donors (Lipinski definition) is 0. The minimum absolute atomic E-state index is 0.0660. The Morgan fingerprint density at radius 1 is 1.64 bits per heavy atom. The van der Waals surface area contributed by atoms with Crippen molar-refractivity contribution in [1.29, 1.82) is 0 Å². The highest BCUT2D eigenvalue weighted by atomic mass is 16.5. The largest absolute Gasteiger partial charge is 0.372 e. The van der Waals surface area contributed by atoms with Crippen LogP contribution in [0.4, 0.5) is 0 Å². The van der Waals surface area contributed by atoms with E-state index in [2.05, 4.69) is 6.58 Å². The molecule has 11 heavy (non-hydrogen) atoms. The summed E-state index contributed by atoms with van der Waals surface area (Å²) >= 11 is 0. The van der Waals surface area contributed by atoms with E-state index in [1.165, 1.54) is 6.08 Å². The minimum Gasteiger partial charge on any atom is -0.372 e. The lowest BCUT2D eigenvalue weighted by Gasteiger charge is -2.08. The molecule has 0 spiro atoms. The van der Waals surface area contributed by atoms with E-state index in [0.717, 1.165) is 6.54 Å². The lowest BCUT2D eigenvalue weighted by Crippen LogP contribution is -2.19. The molecule has 0 atom stereocenters. The van der Waals surface area contributed by atoms with Gasteiger partial charge in [0.05, 0.1) is 6.61 Å². The molecule has 0 N–H and O–H groups in total. The maximum absolute atomic E-state index is 10.6.